The van der Waals surface area contributed by atoms with Gasteiger partial charge in [-0.05, 0) is 31.1 Å². The molecule has 0 aromatic heterocycles. The van der Waals surface area contributed by atoms with Crippen LogP contribution in [0.1, 0.15) is 291 Å². The molecule has 6 heteroatoms. The first-order valence-corrected chi connectivity index (χ1v) is 26.2. The van der Waals surface area contributed by atoms with Crippen LogP contribution in [0.25, 0.3) is 0 Å². The summed E-state index contributed by atoms with van der Waals surface area (Å²) in [6.07, 6.45) is 46.7. The van der Waals surface area contributed by atoms with Gasteiger partial charge >= 0.3 is 17.9 Å². The monoisotopic (exact) mass is 835 g/mol. The van der Waals surface area contributed by atoms with Gasteiger partial charge in [-0.25, -0.2) is 0 Å². The minimum absolute atomic E-state index is 0.0643. The molecule has 0 saturated heterocycles. The van der Waals surface area contributed by atoms with E-state index in [4.69, 9.17) is 14.2 Å². The smallest absolute Gasteiger partial charge is 0.306 e. The molecule has 0 unspecified atom stereocenters. The molecule has 0 heterocycles. The van der Waals surface area contributed by atoms with Gasteiger partial charge in [0.15, 0.2) is 6.10 Å². The number of carbonyl (C=O) groups excluding carboxylic acids is 3. The van der Waals surface area contributed by atoms with E-state index in [0.29, 0.717) is 19.3 Å². The molecular formula is C53H102O6. The fourth-order valence-corrected chi connectivity index (χ4v) is 7.99. The Bertz CT molecular complexity index is 900. The highest BCUT2D eigenvalue weighted by Crippen LogP contribution is 2.17. The normalized spacial score (nSPS) is 12.1. The Morgan fingerprint density at radius 2 is 0.559 bits per heavy atom. The van der Waals surface area contributed by atoms with Gasteiger partial charge < -0.3 is 14.2 Å². The van der Waals surface area contributed by atoms with Crippen molar-refractivity contribution in [2.45, 2.75) is 298 Å². The molecule has 0 rings (SSSR count). The Labute approximate surface area is 368 Å². The highest BCUT2D eigenvalue weighted by Gasteiger charge is 2.19. The first-order chi connectivity index (χ1) is 28.7. The van der Waals surface area contributed by atoms with Crippen LogP contribution >= 0.6 is 0 Å². The van der Waals surface area contributed by atoms with E-state index in [-0.39, 0.29) is 31.1 Å². The lowest BCUT2D eigenvalue weighted by Gasteiger charge is -2.18. The molecule has 1 atom stereocenters. The van der Waals surface area contributed by atoms with Gasteiger partial charge in [0, 0.05) is 19.3 Å². The van der Waals surface area contributed by atoms with Crippen molar-refractivity contribution in [1.29, 1.82) is 0 Å². The van der Waals surface area contributed by atoms with E-state index in [9.17, 15) is 14.4 Å². The molecule has 350 valence electrons. The van der Waals surface area contributed by atoms with E-state index in [1.165, 1.54) is 180 Å². The molecule has 0 aliphatic carbocycles. The fourth-order valence-electron chi connectivity index (χ4n) is 7.99. The summed E-state index contributed by atoms with van der Waals surface area (Å²) in [5.41, 5.74) is 0. The second-order valence-electron chi connectivity index (χ2n) is 19.1. The van der Waals surface area contributed by atoms with Gasteiger partial charge in [-0.3, -0.25) is 14.4 Å². The van der Waals surface area contributed by atoms with Crippen LogP contribution < -0.4 is 0 Å². The first kappa shape index (κ1) is 57.4. The van der Waals surface area contributed by atoms with Gasteiger partial charge in [0.2, 0.25) is 0 Å². The SMILES string of the molecule is CCCCCCCCCCCCCCCCCCC(=O)OC[C@@H](COC(=O)CCCCCCCCCCCCCCC(C)C)OC(=O)CCCCCCCCCC(C)C. The minimum atomic E-state index is -0.762. The summed E-state index contributed by atoms with van der Waals surface area (Å²) in [6, 6.07) is 0. The van der Waals surface area contributed by atoms with Crippen molar-refractivity contribution in [3.8, 4) is 0 Å². The van der Waals surface area contributed by atoms with Crippen LogP contribution in [0.3, 0.4) is 0 Å². The van der Waals surface area contributed by atoms with Crippen LogP contribution in [0, 0.1) is 11.8 Å². The second-order valence-corrected chi connectivity index (χ2v) is 19.1. The van der Waals surface area contributed by atoms with E-state index in [1.54, 1.807) is 0 Å². The van der Waals surface area contributed by atoms with Crippen molar-refractivity contribution < 1.29 is 28.6 Å². The summed E-state index contributed by atoms with van der Waals surface area (Å²) < 4.78 is 16.8. The lowest BCUT2D eigenvalue weighted by Crippen LogP contribution is -2.30. The molecule has 0 saturated carbocycles. The summed E-state index contributed by atoms with van der Waals surface area (Å²) in [5.74, 6) is 0.761. The maximum atomic E-state index is 12.7. The Morgan fingerprint density at radius 1 is 0.322 bits per heavy atom. The molecule has 59 heavy (non-hydrogen) atoms. The van der Waals surface area contributed by atoms with E-state index in [0.717, 1.165) is 69.6 Å². The predicted molar refractivity (Wildman–Crippen MR) is 252 cm³/mol. The van der Waals surface area contributed by atoms with Crippen molar-refractivity contribution >= 4 is 17.9 Å². The summed E-state index contributed by atoms with van der Waals surface area (Å²) in [4.78, 5) is 37.9. The molecule has 0 aliphatic rings. The molecule has 6 nitrogen and oxygen atoms in total. The molecule has 0 radical (unpaired) electrons. The van der Waals surface area contributed by atoms with Gasteiger partial charge in [0.05, 0.1) is 0 Å². The third-order valence-corrected chi connectivity index (χ3v) is 12.0. The number of carbonyl (C=O) groups is 3. The number of esters is 3. The molecular weight excluding hydrogens is 733 g/mol. The van der Waals surface area contributed by atoms with Gasteiger partial charge in [-0.2, -0.15) is 0 Å². The topological polar surface area (TPSA) is 78.9 Å². The zero-order chi connectivity index (χ0) is 43.3. The van der Waals surface area contributed by atoms with E-state index >= 15 is 0 Å². The zero-order valence-electron chi connectivity index (χ0n) is 40.4. The van der Waals surface area contributed by atoms with Crippen LogP contribution in [0.15, 0.2) is 0 Å². The van der Waals surface area contributed by atoms with Crippen molar-refractivity contribution in [1.82, 2.24) is 0 Å². The predicted octanol–water partition coefficient (Wildman–Crippen LogP) is 16.9. The van der Waals surface area contributed by atoms with E-state index < -0.39 is 6.10 Å². The Morgan fingerprint density at radius 3 is 0.831 bits per heavy atom. The van der Waals surface area contributed by atoms with Crippen molar-refractivity contribution in [3.05, 3.63) is 0 Å². The lowest BCUT2D eigenvalue weighted by atomic mass is 10.0. The third kappa shape index (κ3) is 47.3. The number of hydrogen-bond donors (Lipinski definition) is 0. The van der Waals surface area contributed by atoms with Gasteiger partial charge in [-0.15, -0.1) is 0 Å². The van der Waals surface area contributed by atoms with E-state index in [1.807, 2.05) is 0 Å². The van der Waals surface area contributed by atoms with Gasteiger partial charge in [0.25, 0.3) is 0 Å². The molecule has 0 aromatic carbocycles. The van der Waals surface area contributed by atoms with Gasteiger partial charge in [-0.1, -0.05) is 253 Å². The summed E-state index contributed by atoms with van der Waals surface area (Å²) >= 11 is 0. The van der Waals surface area contributed by atoms with Crippen LogP contribution in [0.4, 0.5) is 0 Å². The molecule has 0 fully saturated rings. The maximum absolute atomic E-state index is 12.7. The first-order valence-electron chi connectivity index (χ1n) is 26.2. The summed E-state index contributed by atoms with van der Waals surface area (Å²) in [6.45, 7) is 11.3. The highest BCUT2D eigenvalue weighted by atomic mass is 16.6. The molecule has 0 spiro atoms. The van der Waals surface area contributed by atoms with Gasteiger partial charge in [0.1, 0.15) is 13.2 Å². The number of hydrogen-bond acceptors (Lipinski definition) is 6. The fraction of sp³-hybridized carbons (Fsp3) is 0.943. The largest absolute Gasteiger partial charge is 0.462 e. The maximum Gasteiger partial charge on any atom is 0.306 e. The van der Waals surface area contributed by atoms with Crippen LogP contribution in [0.2, 0.25) is 0 Å². The number of unbranched alkanes of at least 4 members (excludes halogenated alkanes) is 32. The van der Waals surface area contributed by atoms with Crippen LogP contribution in [0.5, 0.6) is 0 Å². The Hall–Kier alpha value is -1.59. The average molecular weight is 835 g/mol. The third-order valence-electron chi connectivity index (χ3n) is 12.0. The average Bonchev–Trinajstić information content (AvgIpc) is 3.20. The second kappa shape index (κ2) is 45.9. The molecule has 0 aromatic rings. The number of rotatable bonds is 47. The lowest BCUT2D eigenvalue weighted by molar-refractivity contribution is -0.167. The van der Waals surface area contributed by atoms with E-state index in [2.05, 4.69) is 34.6 Å². The molecule has 0 bridgehead atoms. The molecule has 0 aliphatic heterocycles. The van der Waals surface area contributed by atoms with Crippen molar-refractivity contribution in [2.75, 3.05) is 13.2 Å². The Kier molecular flexibility index (Phi) is 44.7. The summed E-state index contributed by atoms with van der Waals surface area (Å²) in [7, 11) is 0. The Balaban J connectivity index is 4.26. The standard InChI is InChI=1S/C53H102O6/c1-6-7-8-9-10-11-12-13-14-15-16-20-23-28-33-38-43-51(54)57-46-50(59-53(56)45-40-35-30-25-27-32-37-42-49(4)5)47-58-52(55)44-39-34-29-24-21-18-17-19-22-26-31-36-41-48(2)3/h48-50H,6-47H2,1-5H3/t50-/m0/s1. The van der Waals surface area contributed by atoms with Crippen LogP contribution in [-0.4, -0.2) is 37.2 Å². The minimum Gasteiger partial charge on any atom is -0.462 e. The molecule has 0 N–H and O–H groups in total. The summed E-state index contributed by atoms with van der Waals surface area (Å²) in [5, 5.41) is 0. The van der Waals surface area contributed by atoms with Crippen molar-refractivity contribution in [3.63, 3.8) is 0 Å². The van der Waals surface area contributed by atoms with Crippen molar-refractivity contribution in [2.24, 2.45) is 11.8 Å². The number of ether oxygens (including phenoxy) is 3. The molecule has 0 amide bonds. The quantitative estimate of drug-likeness (QED) is 0.0345. The highest BCUT2D eigenvalue weighted by molar-refractivity contribution is 5.71. The van der Waals surface area contributed by atoms with Crippen LogP contribution in [-0.2, 0) is 28.6 Å². The zero-order valence-corrected chi connectivity index (χ0v) is 40.4.